The van der Waals surface area contributed by atoms with Crippen LogP contribution in [0.4, 0.5) is 0 Å². The number of rotatable bonds is 29. The molecule has 0 bridgehead atoms. The van der Waals surface area contributed by atoms with E-state index < -0.39 is 14.7 Å². The molecule has 0 aromatic heterocycles. The minimum absolute atomic E-state index is 0.0148. The average Bonchev–Trinajstić information content (AvgIpc) is 2.94. The number of hydrogen-bond acceptors (Lipinski definition) is 6. The molecule has 41 heavy (non-hydrogen) atoms. The molecule has 0 saturated carbocycles. The summed E-state index contributed by atoms with van der Waals surface area (Å²) in [5.74, 6) is 0.807. The maximum atomic E-state index is 11.0. The quantitative estimate of drug-likeness (QED) is 0.0432. The number of quaternary nitrogens is 1. The Labute approximate surface area is 252 Å². The van der Waals surface area contributed by atoms with Crippen molar-refractivity contribution in [3.05, 3.63) is 29.8 Å². The summed E-state index contributed by atoms with van der Waals surface area (Å²) in [5, 5.41) is 0. The van der Waals surface area contributed by atoms with Crippen LogP contribution >= 0.6 is 8.60 Å². The lowest BCUT2D eigenvalue weighted by atomic mass is 10.0. The van der Waals surface area contributed by atoms with Gasteiger partial charge in [0.05, 0.1) is 40.9 Å². The zero-order valence-corrected chi connectivity index (χ0v) is 27.6. The number of carbonyl (C=O) groups excluding carboxylic acids is 1. The topological polar surface area (TPSA) is 74.2 Å². The molecule has 0 heterocycles. The predicted octanol–water partition coefficient (Wildman–Crippen LogP) is 8.37. The van der Waals surface area contributed by atoms with E-state index in [1.54, 1.807) is 0 Å². The molecular weight excluding hydrogens is 537 g/mol. The van der Waals surface area contributed by atoms with Gasteiger partial charge in [-0.15, -0.1) is 0 Å². The Morgan fingerprint density at radius 1 is 0.780 bits per heavy atom. The zero-order valence-electron chi connectivity index (χ0n) is 26.7. The Morgan fingerprint density at radius 2 is 1.37 bits per heavy atom. The highest BCUT2D eigenvalue weighted by Crippen LogP contribution is 2.33. The molecule has 0 amide bonds. The van der Waals surface area contributed by atoms with Gasteiger partial charge in [0.1, 0.15) is 12.4 Å². The van der Waals surface area contributed by atoms with Crippen molar-refractivity contribution in [2.45, 2.75) is 122 Å². The molecule has 1 rings (SSSR count). The number of aryl methyl sites for hydroxylation is 1. The highest BCUT2D eigenvalue weighted by molar-refractivity contribution is 7.40. The summed E-state index contributed by atoms with van der Waals surface area (Å²) >= 11 is 0. The minimum atomic E-state index is -2.02. The fourth-order valence-corrected chi connectivity index (χ4v) is 5.42. The molecule has 8 heteroatoms. The normalized spacial score (nSPS) is 13.2. The Balaban J connectivity index is 2.20. The third kappa shape index (κ3) is 23.0. The Hall–Kier alpha value is -1.24. The highest BCUT2D eigenvalue weighted by atomic mass is 31.2. The van der Waals surface area contributed by atoms with E-state index in [9.17, 15) is 9.69 Å². The maximum absolute atomic E-state index is 11.0. The standard InChI is InChI=1S/C33H61NO6P/c1-5-6-7-8-9-10-11-12-13-14-15-16-17-18-23-31-24-19-20-25-33(31)37-28-32(38-30-35)29-40-41(36)39-27-22-21-26-34(2,3)4/h19-20,24-25,30,32,36H,5-18,21-23,26-29H2,1-4H3/q+1. The van der Waals surface area contributed by atoms with E-state index >= 15 is 0 Å². The molecule has 238 valence electrons. The second kappa shape index (κ2) is 25.3. The second-order valence-corrected chi connectivity index (χ2v) is 13.2. The monoisotopic (exact) mass is 598 g/mol. The molecule has 0 spiro atoms. The first-order valence-electron chi connectivity index (χ1n) is 16.2. The van der Waals surface area contributed by atoms with Gasteiger partial charge in [-0.1, -0.05) is 109 Å². The van der Waals surface area contributed by atoms with Gasteiger partial charge in [0, 0.05) is 0 Å². The molecule has 0 saturated heterocycles. The van der Waals surface area contributed by atoms with Gasteiger partial charge in [0.15, 0.2) is 6.10 Å². The van der Waals surface area contributed by atoms with Crippen LogP contribution in [0.1, 0.15) is 115 Å². The Kier molecular flexibility index (Phi) is 23.3. The van der Waals surface area contributed by atoms with E-state index in [0.717, 1.165) is 42.5 Å². The van der Waals surface area contributed by atoms with Crippen LogP contribution in [0.3, 0.4) is 0 Å². The molecule has 0 radical (unpaired) electrons. The molecule has 0 fully saturated rings. The van der Waals surface area contributed by atoms with Crippen LogP contribution in [0, 0.1) is 0 Å². The maximum Gasteiger partial charge on any atom is 0.329 e. The first-order valence-corrected chi connectivity index (χ1v) is 17.3. The molecule has 7 nitrogen and oxygen atoms in total. The lowest BCUT2D eigenvalue weighted by molar-refractivity contribution is -0.870. The average molecular weight is 599 g/mol. The smallest absolute Gasteiger partial charge is 0.329 e. The summed E-state index contributed by atoms with van der Waals surface area (Å²) in [6.45, 7) is 4.31. The largest absolute Gasteiger partial charge is 0.489 e. The van der Waals surface area contributed by atoms with Crippen LogP contribution in [0.25, 0.3) is 0 Å². The molecule has 1 aromatic carbocycles. The fraction of sp³-hybridized carbons (Fsp3) is 0.788. The highest BCUT2D eigenvalue weighted by Gasteiger charge is 2.17. The fourth-order valence-electron chi connectivity index (χ4n) is 4.76. The lowest BCUT2D eigenvalue weighted by Crippen LogP contribution is -2.35. The van der Waals surface area contributed by atoms with Crippen molar-refractivity contribution in [3.8, 4) is 5.75 Å². The van der Waals surface area contributed by atoms with Gasteiger partial charge in [0.25, 0.3) is 6.47 Å². The SMILES string of the molecule is CCCCCCCCCCCCCCCCc1ccccc1OCC(COP(O)OCCCC[N+](C)(C)C)OC=O. The summed E-state index contributed by atoms with van der Waals surface area (Å²) in [5.41, 5.74) is 1.17. The summed E-state index contributed by atoms with van der Waals surface area (Å²) in [6, 6.07) is 8.04. The predicted molar refractivity (Wildman–Crippen MR) is 170 cm³/mol. The minimum Gasteiger partial charge on any atom is -0.489 e. The molecular formula is C33H61NO6P+. The lowest BCUT2D eigenvalue weighted by Gasteiger charge is -2.23. The van der Waals surface area contributed by atoms with Crippen molar-refractivity contribution in [1.29, 1.82) is 0 Å². The zero-order chi connectivity index (χ0) is 30.0. The van der Waals surface area contributed by atoms with E-state index in [2.05, 4.69) is 34.1 Å². The number of ether oxygens (including phenoxy) is 2. The van der Waals surface area contributed by atoms with Crippen LogP contribution in [0.5, 0.6) is 5.75 Å². The van der Waals surface area contributed by atoms with Gasteiger partial charge in [-0.05, 0) is 37.3 Å². The van der Waals surface area contributed by atoms with Crippen LogP contribution < -0.4 is 4.74 Å². The van der Waals surface area contributed by atoms with Crippen LogP contribution in [-0.4, -0.2) is 69.5 Å². The summed E-state index contributed by atoms with van der Waals surface area (Å²) in [4.78, 5) is 21.0. The van der Waals surface area contributed by atoms with Gasteiger partial charge < -0.3 is 27.9 Å². The van der Waals surface area contributed by atoms with Gasteiger partial charge in [-0.25, -0.2) is 0 Å². The van der Waals surface area contributed by atoms with Crippen LogP contribution in [0.2, 0.25) is 0 Å². The number of carbonyl (C=O) groups is 1. The third-order valence-corrected chi connectivity index (χ3v) is 8.01. The second-order valence-electron chi connectivity index (χ2n) is 12.2. The van der Waals surface area contributed by atoms with Gasteiger partial charge >= 0.3 is 8.60 Å². The number of hydrogen-bond donors (Lipinski definition) is 1. The summed E-state index contributed by atoms with van der Waals surface area (Å²) in [7, 11) is 4.43. The summed E-state index contributed by atoms with van der Waals surface area (Å²) < 4.78 is 22.9. The van der Waals surface area contributed by atoms with Crippen LogP contribution in [0.15, 0.2) is 24.3 Å². The van der Waals surface area contributed by atoms with Crippen molar-refractivity contribution in [2.75, 3.05) is 47.5 Å². The van der Waals surface area contributed by atoms with Crippen molar-refractivity contribution < 1.29 is 32.7 Å². The molecule has 2 unspecified atom stereocenters. The van der Waals surface area contributed by atoms with E-state index in [1.807, 2.05) is 18.2 Å². The molecule has 0 aliphatic rings. The number of para-hydroxylation sites is 1. The van der Waals surface area contributed by atoms with Crippen molar-refractivity contribution >= 4 is 15.1 Å². The molecule has 1 N–H and O–H groups in total. The number of unbranched alkanes of at least 4 members (excludes halogenated alkanes) is 14. The Bertz CT molecular complexity index is 745. The molecule has 0 aliphatic heterocycles. The molecule has 2 atom stereocenters. The van der Waals surface area contributed by atoms with Gasteiger partial charge in [-0.3, -0.25) is 4.79 Å². The van der Waals surface area contributed by atoms with Gasteiger partial charge in [0.2, 0.25) is 0 Å². The number of benzene rings is 1. The van der Waals surface area contributed by atoms with E-state index in [-0.39, 0.29) is 13.2 Å². The first kappa shape index (κ1) is 37.8. The van der Waals surface area contributed by atoms with Crippen molar-refractivity contribution in [2.24, 2.45) is 0 Å². The van der Waals surface area contributed by atoms with Gasteiger partial charge in [-0.2, -0.15) is 0 Å². The molecule has 0 aliphatic carbocycles. The van der Waals surface area contributed by atoms with Crippen LogP contribution in [-0.2, 0) is 25.0 Å². The first-order chi connectivity index (χ1) is 19.9. The third-order valence-electron chi connectivity index (χ3n) is 7.24. The van der Waals surface area contributed by atoms with E-state index in [1.165, 1.54) is 89.0 Å². The number of nitrogens with zero attached hydrogens (tertiary/aromatic N) is 1. The van der Waals surface area contributed by atoms with E-state index in [4.69, 9.17) is 18.5 Å². The molecule has 1 aromatic rings. The summed E-state index contributed by atoms with van der Waals surface area (Å²) in [6.07, 6.45) is 21.1. The van der Waals surface area contributed by atoms with E-state index in [0.29, 0.717) is 13.1 Å². The van der Waals surface area contributed by atoms with Crippen molar-refractivity contribution in [1.82, 2.24) is 0 Å². The Morgan fingerprint density at radius 3 is 1.95 bits per heavy atom. The van der Waals surface area contributed by atoms with Crippen molar-refractivity contribution in [3.63, 3.8) is 0 Å².